The average Bonchev–Trinajstić information content (AvgIpc) is 2.39. The van der Waals surface area contributed by atoms with Gasteiger partial charge in [0.1, 0.15) is 0 Å². The Morgan fingerprint density at radius 2 is 1.91 bits per heavy atom. The Kier molecular flexibility index (Phi) is 4.34. The second kappa shape index (κ2) is 5.90. The highest BCUT2D eigenvalue weighted by atomic mass is 35.5. The predicted molar refractivity (Wildman–Crippen MR) is 80.1 cm³/mol. The molecule has 0 aromatic heterocycles. The topological polar surface area (TPSA) is 89.3 Å². The summed E-state index contributed by atoms with van der Waals surface area (Å²) in [5, 5.41) is 11.1. The first kappa shape index (κ1) is 16.2. The molecule has 0 radical (unpaired) electrons. The summed E-state index contributed by atoms with van der Waals surface area (Å²) in [6, 6.07) is 6.95. The maximum absolute atomic E-state index is 13.3. The summed E-state index contributed by atoms with van der Waals surface area (Å²) >= 11 is 5.77. The van der Waals surface area contributed by atoms with Crippen molar-refractivity contribution in [1.82, 2.24) is 0 Å². The maximum atomic E-state index is 13.3. The van der Waals surface area contributed by atoms with Crippen molar-refractivity contribution in [3.63, 3.8) is 0 Å². The minimum atomic E-state index is -3.97. The zero-order valence-electron chi connectivity index (χ0n) is 11.2. The second-order valence-electron chi connectivity index (χ2n) is 4.44. The van der Waals surface area contributed by atoms with E-state index >= 15 is 0 Å². The Morgan fingerprint density at radius 3 is 2.50 bits per heavy atom. The van der Waals surface area contributed by atoms with Crippen molar-refractivity contribution in [3.05, 3.63) is 62.9 Å². The number of nitrogens with one attached hydrogen (secondary N) is 1. The van der Waals surface area contributed by atoms with Gasteiger partial charge in [0.15, 0.2) is 0 Å². The van der Waals surface area contributed by atoms with Gasteiger partial charge in [-0.05, 0) is 42.8 Å². The van der Waals surface area contributed by atoms with Crippen molar-refractivity contribution >= 4 is 33.0 Å². The van der Waals surface area contributed by atoms with Crippen LogP contribution in [-0.4, -0.2) is 13.3 Å². The lowest BCUT2D eigenvalue weighted by molar-refractivity contribution is -0.387. The number of halogens is 2. The molecule has 0 spiro atoms. The molecule has 0 unspecified atom stereocenters. The minimum absolute atomic E-state index is 0.0242. The largest absolute Gasteiger partial charge is 0.306 e. The summed E-state index contributed by atoms with van der Waals surface area (Å²) in [5.74, 6) is -1.05. The van der Waals surface area contributed by atoms with Crippen LogP contribution in [0.4, 0.5) is 15.8 Å². The van der Waals surface area contributed by atoms with E-state index in [0.717, 1.165) is 18.2 Å². The summed E-state index contributed by atoms with van der Waals surface area (Å²) < 4.78 is 40.0. The van der Waals surface area contributed by atoms with Crippen molar-refractivity contribution in [2.45, 2.75) is 11.8 Å². The lowest BCUT2D eigenvalue weighted by Crippen LogP contribution is -2.14. The van der Waals surface area contributed by atoms with Gasteiger partial charge in [-0.2, -0.15) is 4.39 Å². The molecule has 2 aromatic rings. The predicted octanol–water partition coefficient (Wildman–Crippen LogP) is 3.50. The normalized spacial score (nSPS) is 11.2. The molecule has 6 nitrogen and oxygen atoms in total. The van der Waals surface area contributed by atoms with Gasteiger partial charge in [0, 0.05) is 11.1 Å². The molecular formula is C13H10ClFN2O4S. The summed E-state index contributed by atoms with van der Waals surface area (Å²) in [6.07, 6.45) is 0. The third-order valence-corrected chi connectivity index (χ3v) is 4.60. The van der Waals surface area contributed by atoms with Crippen LogP contribution in [0.2, 0.25) is 5.02 Å². The van der Waals surface area contributed by atoms with Gasteiger partial charge in [-0.1, -0.05) is 11.6 Å². The number of rotatable bonds is 4. The second-order valence-corrected chi connectivity index (χ2v) is 6.53. The van der Waals surface area contributed by atoms with Gasteiger partial charge in [-0.15, -0.1) is 0 Å². The molecule has 0 atom stereocenters. The number of hydrogen-bond donors (Lipinski definition) is 1. The first-order chi connectivity index (χ1) is 10.2. The Labute approximate surface area is 130 Å². The SMILES string of the molecule is Cc1cc(Cl)ccc1S(=O)(=O)Nc1ccc(F)c([N+](=O)[O-])c1. The highest BCUT2D eigenvalue weighted by Crippen LogP contribution is 2.25. The number of nitro groups is 1. The standard InChI is InChI=1S/C13H10ClFN2O4S/c1-8-6-9(14)2-5-13(8)22(20,21)16-10-3-4-11(15)12(7-10)17(18)19/h2-7,16H,1H3. The van der Waals surface area contributed by atoms with E-state index in [1.165, 1.54) is 18.2 Å². The van der Waals surface area contributed by atoms with E-state index in [-0.39, 0.29) is 10.6 Å². The number of anilines is 1. The van der Waals surface area contributed by atoms with Crippen LogP contribution in [0.1, 0.15) is 5.56 Å². The molecular weight excluding hydrogens is 335 g/mol. The monoisotopic (exact) mass is 344 g/mol. The quantitative estimate of drug-likeness (QED) is 0.679. The molecule has 1 N–H and O–H groups in total. The van der Waals surface area contributed by atoms with Crippen molar-refractivity contribution in [2.75, 3.05) is 4.72 Å². The molecule has 0 fully saturated rings. The minimum Gasteiger partial charge on any atom is -0.279 e. The van der Waals surface area contributed by atoms with E-state index in [9.17, 15) is 22.9 Å². The summed E-state index contributed by atoms with van der Waals surface area (Å²) in [6.45, 7) is 1.56. The van der Waals surface area contributed by atoms with Crippen molar-refractivity contribution in [2.24, 2.45) is 0 Å². The van der Waals surface area contributed by atoms with Crippen LogP contribution in [0.15, 0.2) is 41.3 Å². The Bertz CT molecular complexity index is 855. The molecule has 0 saturated carbocycles. The summed E-state index contributed by atoms with van der Waals surface area (Å²) in [7, 11) is -3.97. The molecule has 0 saturated heterocycles. The molecule has 0 amide bonds. The fraction of sp³-hybridized carbons (Fsp3) is 0.0769. The molecule has 0 heterocycles. The first-order valence-electron chi connectivity index (χ1n) is 5.93. The van der Waals surface area contributed by atoms with Crippen LogP contribution in [0.5, 0.6) is 0 Å². The molecule has 116 valence electrons. The van der Waals surface area contributed by atoms with Crippen LogP contribution in [0, 0.1) is 22.9 Å². The smallest absolute Gasteiger partial charge is 0.279 e. The van der Waals surface area contributed by atoms with Gasteiger partial charge in [0.2, 0.25) is 5.82 Å². The van der Waals surface area contributed by atoms with Gasteiger partial charge in [-0.3, -0.25) is 14.8 Å². The van der Waals surface area contributed by atoms with Gasteiger partial charge >= 0.3 is 5.69 Å². The molecule has 9 heteroatoms. The Balaban J connectivity index is 2.41. The van der Waals surface area contributed by atoms with E-state index in [1.807, 2.05) is 0 Å². The van der Waals surface area contributed by atoms with Crippen molar-refractivity contribution in [1.29, 1.82) is 0 Å². The molecule has 2 aromatic carbocycles. The van der Waals surface area contributed by atoms with Crippen LogP contribution in [0.25, 0.3) is 0 Å². The number of sulfonamides is 1. The fourth-order valence-corrected chi connectivity index (χ4v) is 3.34. The summed E-state index contributed by atoms with van der Waals surface area (Å²) in [4.78, 5) is 9.72. The molecule has 0 aliphatic heterocycles. The molecule has 0 aliphatic carbocycles. The van der Waals surface area contributed by atoms with Crippen LogP contribution in [0.3, 0.4) is 0 Å². The van der Waals surface area contributed by atoms with E-state index in [1.54, 1.807) is 6.92 Å². The van der Waals surface area contributed by atoms with E-state index < -0.39 is 26.5 Å². The Hall–Kier alpha value is -2.19. The van der Waals surface area contributed by atoms with Crippen LogP contribution < -0.4 is 4.72 Å². The zero-order valence-corrected chi connectivity index (χ0v) is 12.8. The highest BCUT2D eigenvalue weighted by Gasteiger charge is 2.20. The van der Waals surface area contributed by atoms with E-state index in [4.69, 9.17) is 11.6 Å². The third kappa shape index (κ3) is 3.34. The average molecular weight is 345 g/mol. The lowest BCUT2D eigenvalue weighted by atomic mass is 10.2. The fourth-order valence-electron chi connectivity index (χ4n) is 1.84. The van der Waals surface area contributed by atoms with E-state index in [0.29, 0.717) is 10.6 Å². The number of benzene rings is 2. The third-order valence-electron chi connectivity index (χ3n) is 2.82. The lowest BCUT2D eigenvalue weighted by Gasteiger charge is -2.10. The van der Waals surface area contributed by atoms with Gasteiger partial charge in [-0.25, -0.2) is 8.42 Å². The number of nitro benzene ring substituents is 1. The Morgan fingerprint density at radius 1 is 1.23 bits per heavy atom. The molecule has 2 rings (SSSR count). The summed E-state index contributed by atoms with van der Waals surface area (Å²) in [5.41, 5.74) is -0.507. The zero-order chi connectivity index (χ0) is 16.5. The maximum Gasteiger partial charge on any atom is 0.306 e. The number of aryl methyl sites for hydroxylation is 1. The van der Waals surface area contributed by atoms with Crippen molar-refractivity contribution < 1.29 is 17.7 Å². The molecule has 22 heavy (non-hydrogen) atoms. The van der Waals surface area contributed by atoms with Crippen LogP contribution >= 0.6 is 11.6 Å². The number of hydrogen-bond acceptors (Lipinski definition) is 4. The van der Waals surface area contributed by atoms with Gasteiger partial charge in [0.05, 0.1) is 15.5 Å². The van der Waals surface area contributed by atoms with Gasteiger partial charge in [0.25, 0.3) is 10.0 Å². The van der Waals surface area contributed by atoms with Crippen LogP contribution in [-0.2, 0) is 10.0 Å². The van der Waals surface area contributed by atoms with E-state index in [2.05, 4.69) is 4.72 Å². The molecule has 0 aliphatic rings. The van der Waals surface area contributed by atoms with Gasteiger partial charge < -0.3 is 0 Å². The highest BCUT2D eigenvalue weighted by molar-refractivity contribution is 7.92. The van der Waals surface area contributed by atoms with Crippen molar-refractivity contribution in [3.8, 4) is 0 Å². The number of nitrogens with zero attached hydrogens (tertiary/aromatic N) is 1. The first-order valence-corrected chi connectivity index (χ1v) is 7.80. The molecule has 0 bridgehead atoms.